The second-order valence-electron chi connectivity index (χ2n) is 9.90. The second kappa shape index (κ2) is 9.70. The van der Waals surface area contributed by atoms with Gasteiger partial charge in [-0.3, -0.25) is 9.80 Å². The van der Waals surface area contributed by atoms with Crippen molar-refractivity contribution < 1.29 is 9.53 Å². The summed E-state index contributed by atoms with van der Waals surface area (Å²) in [5.74, 6) is 2.93. The maximum atomic E-state index is 12.0. The Hall–Kier alpha value is -3.59. The molecule has 4 heterocycles. The van der Waals surface area contributed by atoms with E-state index in [9.17, 15) is 4.79 Å². The van der Waals surface area contributed by atoms with Gasteiger partial charge in [0.1, 0.15) is 29.6 Å². The standard InChI is InChI=1S/C28H30N6O2S/c1-2-23(35)33-14-12-28(13-15-33)16-20(17-37-28)34-27-24(26(29)30-18-31-27)25(32-34)19-8-10-22(11-9-19)36-21-6-4-3-5-7-21/h2-11,18,20,24,27H,1,12-17H2,(H2,29,30,31). The zero-order chi connectivity index (χ0) is 25.4. The molecule has 2 N–H and O–H groups in total. The minimum atomic E-state index is -0.184. The number of para-hydroxylation sites is 1. The predicted molar refractivity (Wildman–Crippen MR) is 148 cm³/mol. The van der Waals surface area contributed by atoms with Gasteiger partial charge >= 0.3 is 0 Å². The van der Waals surface area contributed by atoms with Crippen molar-refractivity contribution in [1.82, 2.24) is 9.91 Å². The Bertz CT molecular complexity index is 1270. The molecule has 0 saturated carbocycles. The number of hydrazone groups is 1. The number of likely N-dealkylation sites (tertiary alicyclic amines) is 1. The third kappa shape index (κ3) is 4.52. The number of nitrogens with zero attached hydrogens (tertiary/aromatic N) is 5. The summed E-state index contributed by atoms with van der Waals surface area (Å²) >= 11 is 2.02. The van der Waals surface area contributed by atoms with E-state index in [-0.39, 0.29) is 28.8 Å². The highest BCUT2D eigenvalue weighted by molar-refractivity contribution is 8.01. The summed E-state index contributed by atoms with van der Waals surface area (Å²) in [7, 11) is 0. The molecule has 0 bridgehead atoms. The van der Waals surface area contributed by atoms with E-state index in [1.807, 2.05) is 71.3 Å². The molecule has 0 radical (unpaired) electrons. The van der Waals surface area contributed by atoms with Crippen molar-refractivity contribution >= 4 is 35.6 Å². The maximum Gasteiger partial charge on any atom is 0.245 e. The number of hydrogen-bond donors (Lipinski definition) is 1. The maximum absolute atomic E-state index is 12.0. The van der Waals surface area contributed by atoms with Gasteiger partial charge in [0.05, 0.1) is 11.8 Å². The van der Waals surface area contributed by atoms with Crippen LogP contribution in [0.3, 0.4) is 0 Å². The van der Waals surface area contributed by atoms with Crippen LogP contribution in [0.1, 0.15) is 24.8 Å². The van der Waals surface area contributed by atoms with Crippen LogP contribution >= 0.6 is 11.8 Å². The average molecular weight is 515 g/mol. The van der Waals surface area contributed by atoms with Crippen molar-refractivity contribution in [1.29, 1.82) is 0 Å². The van der Waals surface area contributed by atoms with Crippen LogP contribution in [0.4, 0.5) is 0 Å². The number of aliphatic imine (C=N–C) groups is 2. The minimum Gasteiger partial charge on any atom is -0.457 e. The van der Waals surface area contributed by atoms with Crippen molar-refractivity contribution in [3.8, 4) is 11.5 Å². The second-order valence-corrected chi connectivity index (χ2v) is 11.4. The summed E-state index contributed by atoms with van der Waals surface area (Å²) in [4.78, 5) is 23.0. The highest BCUT2D eigenvalue weighted by Gasteiger charge is 2.50. The molecule has 0 aliphatic carbocycles. The Labute approximate surface area is 221 Å². The molecule has 1 spiro atoms. The van der Waals surface area contributed by atoms with Crippen molar-refractivity contribution in [3.63, 3.8) is 0 Å². The summed E-state index contributed by atoms with van der Waals surface area (Å²) in [6, 6.07) is 18.0. The number of nitrogens with two attached hydrogens (primary N) is 1. The first kappa shape index (κ1) is 23.8. The lowest BCUT2D eigenvalue weighted by Crippen LogP contribution is -2.47. The van der Waals surface area contributed by atoms with Gasteiger partial charge in [-0.15, -0.1) is 0 Å². The lowest BCUT2D eigenvalue weighted by Gasteiger charge is -2.39. The quantitative estimate of drug-likeness (QED) is 0.611. The number of ether oxygens (including phenoxy) is 1. The summed E-state index contributed by atoms with van der Waals surface area (Å²) in [5.41, 5.74) is 8.30. The van der Waals surface area contributed by atoms with E-state index in [1.54, 1.807) is 6.34 Å². The molecule has 9 heteroatoms. The summed E-state index contributed by atoms with van der Waals surface area (Å²) in [6.07, 6.45) is 5.79. The molecule has 4 aliphatic rings. The molecule has 2 saturated heterocycles. The zero-order valence-electron chi connectivity index (χ0n) is 20.6. The van der Waals surface area contributed by atoms with Crippen LogP contribution in [0, 0.1) is 5.92 Å². The molecule has 2 aromatic carbocycles. The Morgan fingerprint density at radius 1 is 1.11 bits per heavy atom. The van der Waals surface area contributed by atoms with E-state index in [0.29, 0.717) is 5.84 Å². The van der Waals surface area contributed by atoms with Gasteiger partial charge in [-0.25, -0.2) is 9.98 Å². The first-order valence-electron chi connectivity index (χ1n) is 12.7. The van der Waals surface area contributed by atoms with E-state index >= 15 is 0 Å². The molecule has 4 aliphatic heterocycles. The molecule has 2 fully saturated rings. The van der Waals surface area contributed by atoms with E-state index < -0.39 is 0 Å². The average Bonchev–Trinajstić information content (AvgIpc) is 3.52. The fraction of sp³-hybridized carbons (Fsp3) is 0.357. The molecule has 0 aromatic heterocycles. The SMILES string of the molecule is C=CC(=O)N1CCC2(CC1)CC(N1N=C(c3ccc(Oc4ccccc4)cc3)C3C(N)=NC=NC31)CS2. The molecule has 6 rings (SSSR count). The number of thioether (sulfide) groups is 1. The van der Waals surface area contributed by atoms with E-state index in [2.05, 4.69) is 16.6 Å². The third-order valence-corrected chi connectivity index (χ3v) is 9.42. The van der Waals surface area contributed by atoms with Crippen LogP contribution in [0.2, 0.25) is 0 Å². The van der Waals surface area contributed by atoms with Gasteiger partial charge in [-0.2, -0.15) is 16.9 Å². The van der Waals surface area contributed by atoms with Gasteiger partial charge in [0, 0.05) is 23.6 Å². The number of hydrogen-bond acceptors (Lipinski definition) is 8. The van der Waals surface area contributed by atoms with Crippen molar-refractivity contribution in [2.45, 2.75) is 36.2 Å². The van der Waals surface area contributed by atoms with Crippen LogP contribution in [0.5, 0.6) is 11.5 Å². The lowest BCUT2D eigenvalue weighted by molar-refractivity contribution is -0.127. The smallest absolute Gasteiger partial charge is 0.245 e. The van der Waals surface area contributed by atoms with Gasteiger partial charge in [0.25, 0.3) is 0 Å². The first-order valence-corrected chi connectivity index (χ1v) is 13.6. The van der Waals surface area contributed by atoms with Crippen LogP contribution in [0.25, 0.3) is 0 Å². The lowest BCUT2D eigenvalue weighted by atomic mass is 9.89. The summed E-state index contributed by atoms with van der Waals surface area (Å²) in [6.45, 7) is 5.19. The summed E-state index contributed by atoms with van der Waals surface area (Å²) < 4.78 is 6.14. The molecule has 37 heavy (non-hydrogen) atoms. The van der Waals surface area contributed by atoms with Crippen LogP contribution in [-0.2, 0) is 4.79 Å². The van der Waals surface area contributed by atoms with Crippen molar-refractivity contribution in [2.24, 2.45) is 26.7 Å². The van der Waals surface area contributed by atoms with Gasteiger partial charge in [-0.05, 0) is 67.3 Å². The van der Waals surface area contributed by atoms with Crippen LogP contribution < -0.4 is 10.5 Å². The molecule has 1 amide bonds. The molecular formula is C28H30N6O2S. The normalized spacial score (nSPS) is 26.0. The zero-order valence-corrected chi connectivity index (χ0v) is 21.4. The van der Waals surface area contributed by atoms with Crippen LogP contribution in [-0.4, -0.2) is 69.5 Å². The van der Waals surface area contributed by atoms with E-state index in [4.69, 9.17) is 20.6 Å². The Kier molecular flexibility index (Phi) is 6.24. The summed E-state index contributed by atoms with van der Waals surface area (Å²) in [5, 5.41) is 7.29. The van der Waals surface area contributed by atoms with Gasteiger partial charge in [-0.1, -0.05) is 24.8 Å². The van der Waals surface area contributed by atoms with Crippen molar-refractivity contribution in [2.75, 3.05) is 18.8 Å². The first-order chi connectivity index (χ1) is 18.0. The number of amides is 1. The van der Waals surface area contributed by atoms with Gasteiger partial charge in [0.15, 0.2) is 6.17 Å². The highest BCUT2D eigenvalue weighted by atomic mass is 32.2. The molecular weight excluding hydrogens is 484 g/mol. The topological polar surface area (TPSA) is 95.9 Å². The molecule has 3 atom stereocenters. The Morgan fingerprint density at radius 3 is 2.57 bits per heavy atom. The third-order valence-electron chi connectivity index (χ3n) is 7.69. The fourth-order valence-corrected chi connectivity index (χ4v) is 7.29. The highest BCUT2D eigenvalue weighted by Crippen LogP contribution is 2.49. The molecule has 3 unspecified atom stereocenters. The molecule has 190 valence electrons. The number of piperidine rings is 1. The number of amidine groups is 1. The fourth-order valence-electron chi connectivity index (χ4n) is 5.69. The Balaban J connectivity index is 1.21. The number of rotatable bonds is 5. The minimum absolute atomic E-state index is 0.0255. The van der Waals surface area contributed by atoms with Gasteiger partial charge < -0.3 is 15.4 Å². The number of carbonyl (C=O) groups is 1. The predicted octanol–water partition coefficient (Wildman–Crippen LogP) is 3.89. The Morgan fingerprint density at radius 2 is 1.84 bits per heavy atom. The van der Waals surface area contributed by atoms with E-state index in [0.717, 1.165) is 60.9 Å². The van der Waals surface area contributed by atoms with Crippen molar-refractivity contribution in [3.05, 3.63) is 72.8 Å². The number of benzene rings is 2. The number of fused-ring (bicyclic) bond motifs is 1. The molecule has 8 nitrogen and oxygen atoms in total. The largest absolute Gasteiger partial charge is 0.457 e. The van der Waals surface area contributed by atoms with E-state index in [1.165, 1.54) is 6.08 Å². The number of carbonyl (C=O) groups excluding carboxylic acids is 1. The van der Waals surface area contributed by atoms with Crippen LogP contribution in [0.15, 0.2) is 82.3 Å². The monoisotopic (exact) mass is 514 g/mol. The molecule has 2 aromatic rings. The van der Waals surface area contributed by atoms with Gasteiger partial charge in [0.2, 0.25) is 5.91 Å².